The standard InChI is InChI=1S/C26H29F2N7O6Si/c1-42(2,3)10-9-39-15-35-22(18(14-31-35)32-24(36)17-13-30-34-6-4-5-29-23(17)34)16-11-21-19(12-20(16)41-25(27)28)33(26(37)38)7-8-40-21/h4-6,11-14,25H,7-10,15H2,1-3H3,(H,32,36)(H,37,38). The van der Waals surface area contributed by atoms with Crippen molar-refractivity contribution in [3.63, 3.8) is 0 Å². The highest BCUT2D eigenvalue weighted by Crippen LogP contribution is 2.45. The largest absolute Gasteiger partial charge is 0.490 e. The summed E-state index contributed by atoms with van der Waals surface area (Å²) in [5.41, 5.74) is 0.978. The van der Waals surface area contributed by atoms with E-state index in [9.17, 15) is 23.5 Å². The summed E-state index contributed by atoms with van der Waals surface area (Å²) in [7, 11) is -1.40. The van der Waals surface area contributed by atoms with Crippen molar-refractivity contribution >= 4 is 37.1 Å². The van der Waals surface area contributed by atoms with Crippen molar-refractivity contribution in [1.82, 2.24) is 24.4 Å². The number of anilines is 2. The van der Waals surface area contributed by atoms with E-state index < -0.39 is 26.7 Å². The van der Waals surface area contributed by atoms with Crippen molar-refractivity contribution in [2.45, 2.75) is 39.0 Å². The number of carbonyl (C=O) groups is 2. The van der Waals surface area contributed by atoms with Crippen LogP contribution in [0.15, 0.2) is 43.0 Å². The number of nitrogens with zero attached hydrogens (tertiary/aromatic N) is 6. The minimum absolute atomic E-state index is 0.00759. The van der Waals surface area contributed by atoms with Crippen LogP contribution in [0.2, 0.25) is 25.7 Å². The van der Waals surface area contributed by atoms with Gasteiger partial charge >= 0.3 is 12.7 Å². The van der Waals surface area contributed by atoms with E-state index in [0.717, 1.165) is 10.9 Å². The fourth-order valence-electron chi connectivity index (χ4n) is 4.39. The second-order valence-corrected chi connectivity index (χ2v) is 16.3. The lowest BCUT2D eigenvalue weighted by Crippen LogP contribution is -2.36. The third kappa shape index (κ3) is 6.18. The van der Waals surface area contributed by atoms with Gasteiger partial charge in [0.2, 0.25) is 0 Å². The Morgan fingerprint density at radius 3 is 2.76 bits per heavy atom. The van der Waals surface area contributed by atoms with Crippen LogP contribution >= 0.6 is 0 Å². The van der Waals surface area contributed by atoms with E-state index in [2.05, 4.69) is 40.1 Å². The minimum atomic E-state index is -3.23. The molecular formula is C26H29F2N7O6Si. The van der Waals surface area contributed by atoms with Gasteiger partial charge in [-0.25, -0.2) is 19.0 Å². The Labute approximate surface area is 239 Å². The predicted octanol–water partition coefficient (Wildman–Crippen LogP) is 4.64. The molecule has 1 aliphatic rings. The number of rotatable bonds is 10. The van der Waals surface area contributed by atoms with E-state index in [0.29, 0.717) is 12.3 Å². The smallest absolute Gasteiger partial charge is 0.412 e. The van der Waals surface area contributed by atoms with Gasteiger partial charge in [-0.05, 0) is 18.2 Å². The van der Waals surface area contributed by atoms with Crippen molar-refractivity contribution in [2.75, 3.05) is 30.0 Å². The van der Waals surface area contributed by atoms with Gasteiger partial charge in [0.25, 0.3) is 5.91 Å². The molecule has 16 heteroatoms. The first-order valence-electron chi connectivity index (χ1n) is 13.0. The molecule has 0 fully saturated rings. The molecule has 0 spiro atoms. The maximum atomic E-state index is 13.6. The highest BCUT2D eigenvalue weighted by molar-refractivity contribution is 6.76. The summed E-state index contributed by atoms with van der Waals surface area (Å²) >= 11 is 0. The van der Waals surface area contributed by atoms with Gasteiger partial charge in [-0.2, -0.15) is 19.0 Å². The molecule has 1 aliphatic heterocycles. The molecule has 0 aliphatic carbocycles. The molecule has 4 heterocycles. The summed E-state index contributed by atoms with van der Waals surface area (Å²) in [6.45, 7) is 3.86. The highest BCUT2D eigenvalue weighted by Gasteiger charge is 2.29. The van der Waals surface area contributed by atoms with Crippen LogP contribution in [0.4, 0.5) is 25.0 Å². The van der Waals surface area contributed by atoms with E-state index in [1.165, 1.54) is 39.9 Å². The average Bonchev–Trinajstić information content (AvgIpc) is 3.53. The number of aromatic nitrogens is 5. The Morgan fingerprint density at radius 1 is 1.21 bits per heavy atom. The third-order valence-corrected chi connectivity index (χ3v) is 8.15. The quantitative estimate of drug-likeness (QED) is 0.196. The second-order valence-electron chi connectivity index (χ2n) is 10.6. The molecule has 4 aromatic rings. The van der Waals surface area contributed by atoms with E-state index >= 15 is 0 Å². The van der Waals surface area contributed by atoms with Gasteiger partial charge in [-0.1, -0.05) is 19.6 Å². The highest BCUT2D eigenvalue weighted by atomic mass is 28.3. The molecule has 0 radical (unpaired) electrons. The third-order valence-electron chi connectivity index (χ3n) is 6.45. The number of hydrogen-bond donors (Lipinski definition) is 2. The summed E-state index contributed by atoms with van der Waals surface area (Å²) < 4.78 is 46.5. The molecule has 0 bridgehead atoms. The molecular weight excluding hydrogens is 572 g/mol. The fourth-order valence-corrected chi connectivity index (χ4v) is 5.14. The zero-order chi connectivity index (χ0) is 30.0. The van der Waals surface area contributed by atoms with Crippen molar-refractivity contribution in [3.8, 4) is 22.8 Å². The Bertz CT molecular complexity index is 1620. The van der Waals surface area contributed by atoms with E-state index in [1.807, 2.05) is 0 Å². The fraction of sp³-hybridized carbons (Fsp3) is 0.346. The molecule has 3 aromatic heterocycles. The van der Waals surface area contributed by atoms with E-state index in [1.54, 1.807) is 12.3 Å². The number of carbonyl (C=O) groups excluding carboxylic acids is 1. The lowest BCUT2D eigenvalue weighted by Gasteiger charge is -2.28. The van der Waals surface area contributed by atoms with E-state index in [-0.39, 0.29) is 59.6 Å². The maximum absolute atomic E-state index is 13.6. The molecule has 0 saturated carbocycles. The molecule has 222 valence electrons. The average molecular weight is 602 g/mol. The first-order valence-corrected chi connectivity index (χ1v) is 16.7. The van der Waals surface area contributed by atoms with Crippen LogP contribution in [-0.4, -0.2) is 75.9 Å². The van der Waals surface area contributed by atoms with Crippen LogP contribution in [0.3, 0.4) is 0 Å². The normalized spacial score (nSPS) is 13.2. The lowest BCUT2D eigenvalue weighted by atomic mass is 10.1. The molecule has 5 rings (SSSR count). The summed E-state index contributed by atoms with van der Waals surface area (Å²) in [6, 6.07) is 5.12. The Balaban J connectivity index is 1.58. The second kappa shape index (κ2) is 11.7. The van der Waals surface area contributed by atoms with Crippen LogP contribution < -0.4 is 19.7 Å². The van der Waals surface area contributed by atoms with Crippen molar-refractivity contribution in [3.05, 3.63) is 48.5 Å². The van der Waals surface area contributed by atoms with Crippen molar-refractivity contribution in [2.24, 2.45) is 0 Å². The number of fused-ring (bicyclic) bond motifs is 2. The van der Waals surface area contributed by atoms with Crippen LogP contribution in [0.1, 0.15) is 10.4 Å². The maximum Gasteiger partial charge on any atom is 0.412 e. The Kier molecular flexibility index (Phi) is 8.08. The Morgan fingerprint density at radius 2 is 2.02 bits per heavy atom. The monoisotopic (exact) mass is 601 g/mol. The molecule has 13 nitrogen and oxygen atoms in total. The summed E-state index contributed by atoms with van der Waals surface area (Å²) in [6.07, 6.45) is 4.62. The van der Waals surface area contributed by atoms with Gasteiger partial charge in [0.1, 0.15) is 30.4 Å². The van der Waals surface area contributed by atoms with Crippen molar-refractivity contribution in [1.29, 1.82) is 0 Å². The van der Waals surface area contributed by atoms with Gasteiger partial charge in [0.05, 0.1) is 36.0 Å². The molecule has 2 amide bonds. The number of benzene rings is 1. The summed E-state index contributed by atoms with van der Waals surface area (Å²) in [4.78, 5) is 30.4. The number of amides is 2. The molecule has 2 N–H and O–H groups in total. The summed E-state index contributed by atoms with van der Waals surface area (Å²) in [5, 5.41) is 20.9. The lowest BCUT2D eigenvalue weighted by molar-refractivity contribution is -0.0495. The first kappa shape index (κ1) is 28.9. The summed E-state index contributed by atoms with van der Waals surface area (Å²) in [5.74, 6) is -0.763. The minimum Gasteiger partial charge on any atom is -0.490 e. The van der Waals surface area contributed by atoms with Gasteiger partial charge < -0.3 is 24.6 Å². The molecule has 42 heavy (non-hydrogen) atoms. The number of halogens is 2. The topological polar surface area (TPSA) is 145 Å². The number of carboxylic acid groups (broad SMARTS) is 1. The predicted molar refractivity (Wildman–Crippen MR) is 150 cm³/mol. The molecule has 1 aromatic carbocycles. The van der Waals surface area contributed by atoms with Gasteiger partial charge in [-0.15, -0.1) is 0 Å². The zero-order valence-electron chi connectivity index (χ0n) is 23.1. The zero-order valence-corrected chi connectivity index (χ0v) is 24.1. The van der Waals surface area contributed by atoms with E-state index in [4.69, 9.17) is 14.2 Å². The van der Waals surface area contributed by atoms with Gasteiger partial charge in [0, 0.05) is 38.7 Å². The number of alkyl halides is 2. The van der Waals surface area contributed by atoms with Gasteiger partial charge in [-0.3, -0.25) is 9.69 Å². The van der Waals surface area contributed by atoms with Gasteiger partial charge in [0.15, 0.2) is 5.65 Å². The van der Waals surface area contributed by atoms with Crippen LogP contribution in [0.25, 0.3) is 16.9 Å². The Hall–Kier alpha value is -4.57. The number of hydrogen-bond acceptors (Lipinski definition) is 8. The molecule has 0 unspecified atom stereocenters. The number of ether oxygens (including phenoxy) is 3. The molecule has 0 atom stereocenters. The van der Waals surface area contributed by atoms with Crippen LogP contribution in [0, 0.1) is 0 Å². The van der Waals surface area contributed by atoms with Crippen LogP contribution in [0.5, 0.6) is 11.5 Å². The first-order chi connectivity index (χ1) is 20.0. The van der Waals surface area contributed by atoms with Crippen LogP contribution in [-0.2, 0) is 11.5 Å². The van der Waals surface area contributed by atoms with Crippen molar-refractivity contribution < 1.29 is 37.7 Å². The SMILES string of the molecule is C[Si](C)(C)CCOCn1ncc(NC(=O)c2cnn3cccnc23)c1-c1cc2c(cc1OC(F)F)N(C(=O)O)CCO2. The molecule has 0 saturated heterocycles. The number of nitrogens with one attached hydrogen (secondary N) is 1.